The zero-order valence-electron chi connectivity index (χ0n) is 20.9. The molecule has 0 aromatic heterocycles. The highest BCUT2D eigenvalue weighted by Crippen LogP contribution is 2.26. The number of nitrogens with one attached hydrogen (secondary N) is 1. The first-order valence-electron chi connectivity index (χ1n) is 11.7. The number of hydrogen-bond donors (Lipinski definition) is 1. The molecule has 0 spiro atoms. The highest BCUT2D eigenvalue weighted by molar-refractivity contribution is 7.92. The van der Waals surface area contributed by atoms with E-state index in [4.69, 9.17) is 16.3 Å². The molecule has 0 saturated carbocycles. The van der Waals surface area contributed by atoms with Crippen molar-refractivity contribution in [1.29, 1.82) is 0 Å². The number of amides is 2. The normalized spacial score (nSPS) is 11.9. The number of anilines is 1. The number of hydrogen-bond acceptors (Lipinski definition) is 5. The molecule has 37 heavy (non-hydrogen) atoms. The summed E-state index contributed by atoms with van der Waals surface area (Å²) >= 11 is 5.99. The number of ether oxygens (including phenoxy) is 1. The lowest BCUT2D eigenvalue weighted by molar-refractivity contribution is -0.140. The van der Waals surface area contributed by atoms with Gasteiger partial charge in [-0.05, 0) is 60.5 Å². The molecular formula is C27H30ClN3O5S. The van der Waals surface area contributed by atoms with E-state index in [1.165, 1.54) is 11.9 Å². The predicted molar refractivity (Wildman–Crippen MR) is 145 cm³/mol. The number of carbonyl (C=O) groups is 2. The van der Waals surface area contributed by atoms with Crippen LogP contribution in [0.3, 0.4) is 0 Å². The number of likely N-dealkylation sites (N-methyl/N-ethyl adjacent to an activating group) is 1. The largest absolute Gasteiger partial charge is 0.457 e. The second kappa shape index (κ2) is 12.6. The maximum atomic E-state index is 13.6. The molecule has 3 aromatic carbocycles. The number of nitrogens with zero attached hydrogens (tertiary/aromatic N) is 2. The van der Waals surface area contributed by atoms with Gasteiger partial charge >= 0.3 is 0 Å². The van der Waals surface area contributed by atoms with Crippen LogP contribution in [-0.4, -0.2) is 51.0 Å². The van der Waals surface area contributed by atoms with Gasteiger partial charge in [-0.25, -0.2) is 8.42 Å². The van der Waals surface area contributed by atoms with Gasteiger partial charge in [-0.15, -0.1) is 0 Å². The van der Waals surface area contributed by atoms with E-state index in [-0.39, 0.29) is 12.5 Å². The zero-order chi connectivity index (χ0) is 27.0. The lowest BCUT2D eigenvalue weighted by atomic mass is 10.1. The van der Waals surface area contributed by atoms with Crippen LogP contribution < -0.4 is 14.4 Å². The average Bonchev–Trinajstić information content (AvgIpc) is 2.88. The molecule has 1 N–H and O–H groups in total. The summed E-state index contributed by atoms with van der Waals surface area (Å²) in [5, 5.41) is 3.13. The second-order valence-electron chi connectivity index (χ2n) is 8.37. The van der Waals surface area contributed by atoms with E-state index < -0.39 is 28.5 Å². The van der Waals surface area contributed by atoms with Crippen LogP contribution in [-0.2, 0) is 26.2 Å². The minimum absolute atomic E-state index is 0.114. The molecule has 0 aliphatic heterocycles. The Morgan fingerprint density at radius 2 is 1.54 bits per heavy atom. The smallest absolute Gasteiger partial charge is 0.244 e. The van der Waals surface area contributed by atoms with Crippen LogP contribution in [0.4, 0.5) is 5.69 Å². The third kappa shape index (κ3) is 7.71. The van der Waals surface area contributed by atoms with Crippen molar-refractivity contribution in [2.45, 2.75) is 25.9 Å². The van der Waals surface area contributed by atoms with Gasteiger partial charge in [-0.1, -0.05) is 48.9 Å². The summed E-state index contributed by atoms with van der Waals surface area (Å²) < 4.78 is 32.2. The van der Waals surface area contributed by atoms with Gasteiger partial charge in [0.1, 0.15) is 24.1 Å². The molecule has 0 aliphatic carbocycles. The summed E-state index contributed by atoms with van der Waals surface area (Å²) in [7, 11) is -2.33. The number of carbonyl (C=O) groups excluding carboxylic acids is 2. The fourth-order valence-corrected chi connectivity index (χ4v) is 4.77. The molecule has 10 heteroatoms. The molecule has 1 atom stereocenters. The van der Waals surface area contributed by atoms with Gasteiger partial charge in [-0.3, -0.25) is 13.9 Å². The predicted octanol–water partition coefficient (Wildman–Crippen LogP) is 4.45. The van der Waals surface area contributed by atoms with Crippen molar-refractivity contribution in [2.75, 3.05) is 24.2 Å². The van der Waals surface area contributed by atoms with Crippen LogP contribution >= 0.6 is 11.6 Å². The molecule has 3 aromatic rings. The summed E-state index contributed by atoms with van der Waals surface area (Å²) in [6.07, 6.45) is 1.39. The second-order valence-corrected chi connectivity index (χ2v) is 10.7. The van der Waals surface area contributed by atoms with Gasteiger partial charge in [0.2, 0.25) is 21.8 Å². The van der Waals surface area contributed by atoms with Crippen molar-refractivity contribution in [3.8, 4) is 11.5 Å². The summed E-state index contributed by atoms with van der Waals surface area (Å²) in [6, 6.07) is 21.7. The fourth-order valence-electron chi connectivity index (χ4n) is 3.79. The molecule has 8 nitrogen and oxygen atoms in total. The summed E-state index contributed by atoms with van der Waals surface area (Å²) in [4.78, 5) is 27.6. The fraction of sp³-hybridized carbons (Fsp3) is 0.259. The van der Waals surface area contributed by atoms with Gasteiger partial charge in [-0.2, -0.15) is 0 Å². The number of benzene rings is 3. The number of sulfonamides is 1. The van der Waals surface area contributed by atoms with Crippen molar-refractivity contribution in [3.63, 3.8) is 0 Å². The molecule has 196 valence electrons. The zero-order valence-corrected chi connectivity index (χ0v) is 22.5. The Morgan fingerprint density at radius 1 is 0.946 bits per heavy atom. The molecule has 0 aliphatic rings. The Morgan fingerprint density at radius 3 is 2.08 bits per heavy atom. The van der Waals surface area contributed by atoms with Crippen molar-refractivity contribution in [1.82, 2.24) is 10.2 Å². The summed E-state index contributed by atoms with van der Waals surface area (Å²) in [6.45, 7) is 1.43. The number of para-hydroxylation sites is 1. The minimum Gasteiger partial charge on any atom is -0.457 e. The van der Waals surface area contributed by atoms with Crippen LogP contribution in [0.2, 0.25) is 5.02 Å². The lowest BCUT2D eigenvalue weighted by Crippen LogP contribution is -2.51. The first-order valence-corrected chi connectivity index (χ1v) is 13.9. The van der Waals surface area contributed by atoms with Gasteiger partial charge in [0.15, 0.2) is 0 Å². The van der Waals surface area contributed by atoms with E-state index in [1.54, 1.807) is 67.6 Å². The third-order valence-electron chi connectivity index (χ3n) is 5.68. The Hall–Kier alpha value is -3.56. The first-order chi connectivity index (χ1) is 17.6. The maximum absolute atomic E-state index is 13.6. The topological polar surface area (TPSA) is 96.0 Å². The van der Waals surface area contributed by atoms with Crippen LogP contribution in [0.25, 0.3) is 0 Å². The van der Waals surface area contributed by atoms with E-state index in [9.17, 15) is 18.0 Å². The Labute approximate surface area is 222 Å². The molecule has 0 unspecified atom stereocenters. The van der Waals surface area contributed by atoms with Crippen molar-refractivity contribution >= 4 is 39.1 Å². The van der Waals surface area contributed by atoms with Crippen molar-refractivity contribution < 1.29 is 22.7 Å². The van der Waals surface area contributed by atoms with Gasteiger partial charge in [0.05, 0.1) is 11.9 Å². The number of rotatable bonds is 11. The van der Waals surface area contributed by atoms with Gasteiger partial charge in [0, 0.05) is 18.6 Å². The molecule has 0 radical (unpaired) electrons. The summed E-state index contributed by atoms with van der Waals surface area (Å²) in [5.41, 5.74) is 1.06. The lowest BCUT2D eigenvalue weighted by Gasteiger charge is -2.32. The van der Waals surface area contributed by atoms with Crippen molar-refractivity contribution in [3.05, 3.63) is 89.4 Å². The SMILES string of the molecule is CC[C@@H](C(=O)NC)N(Cc1ccc(Cl)cc1)C(=O)CN(c1ccc(Oc2ccccc2)cc1)S(C)(=O)=O. The average molecular weight is 544 g/mol. The van der Waals surface area contributed by atoms with Crippen LogP contribution in [0.1, 0.15) is 18.9 Å². The standard InChI is InChI=1S/C27H30ClN3O5S/c1-4-25(27(33)29-2)30(18-20-10-12-21(28)13-11-20)26(32)19-31(37(3,34)35)22-14-16-24(17-15-22)36-23-8-6-5-7-9-23/h5-17,25H,4,18-19H2,1-3H3,(H,29,33)/t25-/m0/s1. The highest BCUT2D eigenvalue weighted by atomic mass is 35.5. The number of halogens is 1. The van der Waals surface area contributed by atoms with E-state index in [0.29, 0.717) is 28.6 Å². The Balaban J connectivity index is 1.87. The van der Waals surface area contributed by atoms with Gasteiger partial charge in [0.25, 0.3) is 0 Å². The first kappa shape index (κ1) is 28.0. The summed E-state index contributed by atoms with van der Waals surface area (Å²) in [5.74, 6) is 0.311. The Kier molecular flexibility index (Phi) is 9.54. The van der Waals surface area contributed by atoms with Gasteiger partial charge < -0.3 is 15.0 Å². The molecular weight excluding hydrogens is 514 g/mol. The van der Waals surface area contributed by atoms with Crippen LogP contribution in [0, 0.1) is 0 Å². The molecule has 3 rings (SSSR count). The molecule has 0 bridgehead atoms. The van der Waals surface area contributed by atoms with E-state index >= 15 is 0 Å². The third-order valence-corrected chi connectivity index (χ3v) is 7.07. The quantitative estimate of drug-likeness (QED) is 0.385. The van der Waals surface area contributed by atoms with Crippen LogP contribution in [0.5, 0.6) is 11.5 Å². The molecule has 2 amide bonds. The van der Waals surface area contributed by atoms with E-state index in [1.807, 2.05) is 18.2 Å². The molecule has 0 heterocycles. The van der Waals surface area contributed by atoms with E-state index in [0.717, 1.165) is 16.1 Å². The highest BCUT2D eigenvalue weighted by Gasteiger charge is 2.31. The monoisotopic (exact) mass is 543 g/mol. The molecule has 0 fully saturated rings. The maximum Gasteiger partial charge on any atom is 0.244 e. The Bertz CT molecular complexity index is 1300. The van der Waals surface area contributed by atoms with E-state index in [2.05, 4.69) is 5.32 Å². The van der Waals surface area contributed by atoms with Crippen LogP contribution in [0.15, 0.2) is 78.9 Å². The van der Waals surface area contributed by atoms with Crippen molar-refractivity contribution in [2.24, 2.45) is 0 Å². The minimum atomic E-state index is -3.83. The molecule has 0 saturated heterocycles.